The molecule has 0 unspecified atom stereocenters. The minimum Gasteiger partial charge on any atom is -0.387 e. The van der Waals surface area contributed by atoms with Crippen molar-refractivity contribution in [3.63, 3.8) is 0 Å². The molecule has 1 heterocycles. The van der Waals surface area contributed by atoms with Gasteiger partial charge >= 0.3 is 0 Å². The lowest BCUT2D eigenvalue weighted by molar-refractivity contribution is 0.165. The van der Waals surface area contributed by atoms with Gasteiger partial charge in [-0.15, -0.1) is 0 Å². The van der Waals surface area contributed by atoms with E-state index in [0.29, 0.717) is 18.7 Å². The first kappa shape index (κ1) is 9.64. The van der Waals surface area contributed by atoms with Crippen LogP contribution in [0.2, 0.25) is 0 Å². The molecule has 3 nitrogen and oxygen atoms in total. The van der Waals surface area contributed by atoms with Crippen LogP contribution in [0.4, 0.5) is 0 Å². The Morgan fingerprint density at radius 3 is 2.83 bits per heavy atom. The third-order valence-corrected chi connectivity index (χ3v) is 2.00. The van der Waals surface area contributed by atoms with Crippen molar-refractivity contribution < 1.29 is 5.11 Å². The van der Waals surface area contributed by atoms with E-state index >= 15 is 0 Å². The smallest absolute Gasteiger partial charge is 0.0971 e. The number of nitrogens with two attached hydrogens (primary N) is 1. The van der Waals surface area contributed by atoms with Gasteiger partial charge in [0.2, 0.25) is 0 Å². The highest BCUT2D eigenvalue weighted by Gasteiger charge is 2.06. The molecule has 0 aromatic carbocycles. The molecule has 0 aliphatic heterocycles. The average molecular weight is 231 g/mol. The predicted octanol–water partition coefficient (Wildman–Crippen LogP) is 1.23. The van der Waals surface area contributed by atoms with E-state index in [4.69, 9.17) is 5.73 Å². The van der Waals surface area contributed by atoms with E-state index < -0.39 is 6.10 Å². The minimum absolute atomic E-state index is 0.471. The summed E-state index contributed by atoms with van der Waals surface area (Å²) in [5.41, 5.74) is 5.97. The first-order valence-corrected chi connectivity index (χ1v) is 4.53. The van der Waals surface area contributed by atoms with E-state index in [1.807, 2.05) is 6.07 Å². The quantitative estimate of drug-likeness (QED) is 0.822. The summed E-state index contributed by atoms with van der Waals surface area (Å²) in [6.07, 6.45) is 1.67. The highest BCUT2D eigenvalue weighted by atomic mass is 79.9. The van der Waals surface area contributed by atoms with Gasteiger partial charge in [-0.25, -0.2) is 0 Å². The van der Waals surface area contributed by atoms with Crippen molar-refractivity contribution in [2.45, 2.75) is 12.5 Å². The van der Waals surface area contributed by atoms with Gasteiger partial charge in [0.05, 0.1) is 11.8 Å². The number of rotatable bonds is 3. The summed E-state index contributed by atoms with van der Waals surface area (Å²) in [5, 5.41) is 9.45. The van der Waals surface area contributed by atoms with E-state index in [1.54, 1.807) is 12.3 Å². The number of aromatic nitrogens is 1. The Hall–Kier alpha value is -0.450. The Labute approximate surface area is 79.7 Å². The summed E-state index contributed by atoms with van der Waals surface area (Å²) >= 11 is 3.26. The average Bonchev–Trinajstić information content (AvgIpc) is 2.06. The fourth-order valence-electron chi connectivity index (χ4n) is 0.890. The topological polar surface area (TPSA) is 59.1 Å². The number of aliphatic hydroxyl groups is 1. The molecule has 0 bridgehead atoms. The Kier molecular flexibility index (Phi) is 3.65. The van der Waals surface area contributed by atoms with E-state index in [1.165, 1.54) is 0 Å². The van der Waals surface area contributed by atoms with Crippen molar-refractivity contribution in [3.05, 3.63) is 28.5 Å². The van der Waals surface area contributed by atoms with Gasteiger partial charge < -0.3 is 10.8 Å². The molecule has 0 aliphatic rings. The van der Waals surface area contributed by atoms with Crippen LogP contribution in [-0.2, 0) is 0 Å². The molecule has 0 saturated heterocycles. The predicted molar refractivity (Wildman–Crippen MR) is 50.6 cm³/mol. The van der Waals surface area contributed by atoms with Crippen molar-refractivity contribution in [1.29, 1.82) is 0 Å². The molecule has 0 spiro atoms. The third-order valence-electron chi connectivity index (χ3n) is 1.53. The summed E-state index contributed by atoms with van der Waals surface area (Å²) in [5.74, 6) is 0. The number of hydrogen-bond acceptors (Lipinski definition) is 3. The van der Waals surface area contributed by atoms with Gasteiger partial charge in [0.25, 0.3) is 0 Å². The maximum absolute atomic E-state index is 9.45. The summed E-state index contributed by atoms with van der Waals surface area (Å²) in [7, 11) is 0. The van der Waals surface area contributed by atoms with Crippen LogP contribution in [0.1, 0.15) is 18.2 Å². The molecule has 1 aromatic heterocycles. The number of aliphatic hydroxyl groups excluding tert-OH is 1. The van der Waals surface area contributed by atoms with E-state index in [2.05, 4.69) is 20.9 Å². The van der Waals surface area contributed by atoms with Crippen LogP contribution in [0, 0.1) is 0 Å². The lowest BCUT2D eigenvalue weighted by atomic mass is 10.2. The lowest BCUT2D eigenvalue weighted by Gasteiger charge is -2.07. The zero-order valence-electron chi connectivity index (χ0n) is 6.57. The number of halogens is 1. The van der Waals surface area contributed by atoms with Crippen LogP contribution in [0.15, 0.2) is 22.8 Å². The molecular formula is C8H11BrN2O. The lowest BCUT2D eigenvalue weighted by Crippen LogP contribution is -2.07. The van der Waals surface area contributed by atoms with Gasteiger partial charge in [0, 0.05) is 10.7 Å². The minimum atomic E-state index is -0.539. The molecule has 12 heavy (non-hydrogen) atoms. The molecule has 1 aromatic rings. The second-order valence-corrected chi connectivity index (χ2v) is 3.41. The normalized spacial score (nSPS) is 12.9. The first-order valence-electron chi connectivity index (χ1n) is 3.73. The summed E-state index contributed by atoms with van der Waals surface area (Å²) in [6.45, 7) is 0.471. The second-order valence-electron chi connectivity index (χ2n) is 2.49. The van der Waals surface area contributed by atoms with Gasteiger partial charge in [-0.3, -0.25) is 4.98 Å². The Morgan fingerprint density at radius 1 is 1.58 bits per heavy atom. The maximum atomic E-state index is 9.45. The Balaban J connectivity index is 2.68. The maximum Gasteiger partial charge on any atom is 0.0971 e. The fraction of sp³-hybridized carbons (Fsp3) is 0.375. The van der Waals surface area contributed by atoms with Crippen LogP contribution < -0.4 is 5.73 Å². The summed E-state index contributed by atoms with van der Waals surface area (Å²) in [4.78, 5) is 4.04. The zero-order valence-corrected chi connectivity index (χ0v) is 8.16. The van der Waals surface area contributed by atoms with Crippen LogP contribution in [-0.4, -0.2) is 16.6 Å². The molecule has 66 valence electrons. The molecule has 0 fully saturated rings. The Morgan fingerprint density at radius 2 is 2.33 bits per heavy atom. The molecule has 0 saturated carbocycles. The third kappa shape index (κ3) is 2.55. The van der Waals surface area contributed by atoms with Crippen LogP contribution in [0.3, 0.4) is 0 Å². The number of pyridine rings is 1. The van der Waals surface area contributed by atoms with E-state index in [0.717, 1.165) is 4.47 Å². The van der Waals surface area contributed by atoms with Crippen molar-refractivity contribution >= 4 is 15.9 Å². The standard InChI is InChI=1S/C8H11BrN2O/c9-6-1-2-7(11-5-6)8(12)3-4-10/h1-2,5,8,12H,3-4,10H2/t8-/m0/s1. The highest BCUT2D eigenvalue weighted by Crippen LogP contribution is 2.15. The largest absolute Gasteiger partial charge is 0.387 e. The summed E-state index contributed by atoms with van der Waals surface area (Å²) in [6, 6.07) is 3.63. The highest BCUT2D eigenvalue weighted by molar-refractivity contribution is 9.10. The molecule has 0 radical (unpaired) electrons. The van der Waals surface area contributed by atoms with Crippen LogP contribution in [0.5, 0.6) is 0 Å². The SMILES string of the molecule is NCC[C@H](O)c1ccc(Br)cn1. The molecule has 0 aliphatic carbocycles. The molecule has 1 atom stereocenters. The molecular weight excluding hydrogens is 220 g/mol. The molecule has 3 N–H and O–H groups in total. The van der Waals surface area contributed by atoms with Crippen molar-refractivity contribution in [2.75, 3.05) is 6.54 Å². The van der Waals surface area contributed by atoms with E-state index in [9.17, 15) is 5.11 Å². The molecule has 4 heteroatoms. The zero-order chi connectivity index (χ0) is 8.97. The summed E-state index contributed by atoms with van der Waals surface area (Å²) < 4.78 is 0.909. The molecule has 1 rings (SSSR count). The molecule has 0 amide bonds. The van der Waals surface area contributed by atoms with Gasteiger partial charge in [-0.05, 0) is 41.0 Å². The van der Waals surface area contributed by atoms with Crippen molar-refractivity contribution in [2.24, 2.45) is 5.73 Å². The Bertz CT molecular complexity index is 237. The van der Waals surface area contributed by atoms with Gasteiger partial charge in [0.1, 0.15) is 0 Å². The first-order chi connectivity index (χ1) is 5.74. The van der Waals surface area contributed by atoms with Crippen molar-refractivity contribution in [3.8, 4) is 0 Å². The van der Waals surface area contributed by atoms with Gasteiger partial charge in [-0.1, -0.05) is 0 Å². The van der Waals surface area contributed by atoms with Crippen LogP contribution >= 0.6 is 15.9 Å². The van der Waals surface area contributed by atoms with Gasteiger partial charge in [-0.2, -0.15) is 0 Å². The number of nitrogens with zero attached hydrogens (tertiary/aromatic N) is 1. The van der Waals surface area contributed by atoms with E-state index in [-0.39, 0.29) is 0 Å². The second kappa shape index (κ2) is 4.54. The fourth-order valence-corrected chi connectivity index (χ4v) is 1.12. The monoisotopic (exact) mass is 230 g/mol. The number of hydrogen-bond donors (Lipinski definition) is 2. The van der Waals surface area contributed by atoms with Gasteiger partial charge in [0.15, 0.2) is 0 Å². The van der Waals surface area contributed by atoms with Crippen molar-refractivity contribution in [1.82, 2.24) is 4.98 Å². The van der Waals surface area contributed by atoms with Crippen LogP contribution in [0.25, 0.3) is 0 Å².